The number of aryl methyl sites for hydroxylation is 1. The molecule has 2 amide bonds. The summed E-state index contributed by atoms with van der Waals surface area (Å²) >= 11 is 0. The fourth-order valence-corrected chi connectivity index (χ4v) is 4.43. The first-order valence-corrected chi connectivity index (χ1v) is 11.4. The Bertz CT molecular complexity index is 1340. The van der Waals surface area contributed by atoms with Gasteiger partial charge >= 0.3 is 12.2 Å². The molecule has 1 aliphatic rings. The lowest BCUT2D eigenvalue weighted by Crippen LogP contribution is -2.56. The molecular formula is C23H28F3N7O4. The number of anilines is 2. The van der Waals surface area contributed by atoms with Crippen molar-refractivity contribution >= 4 is 28.7 Å². The van der Waals surface area contributed by atoms with Gasteiger partial charge in [-0.15, -0.1) is 0 Å². The number of hydrogen-bond donors (Lipinski definition) is 2. The molecule has 3 aromatic heterocycles. The van der Waals surface area contributed by atoms with Gasteiger partial charge in [0.05, 0.1) is 30.5 Å². The summed E-state index contributed by atoms with van der Waals surface area (Å²) < 4.78 is 51.1. The van der Waals surface area contributed by atoms with Crippen LogP contribution in [0.15, 0.2) is 29.3 Å². The summed E-state index contributed by atoms with van der Waals surface area (Å²) in [5.41, 5.74) is -0.0495. The number of hydrogen-bond acceptors (Lipinski definition) is 7. The zero-order valence-corrected chi connectivity index (χ0v) is 20.8. The van der Waals surface area contributed by atoms with Gasteiger partial charge in [0.15, 0.2) is 5.65 Å². The van der Waals surface area contributed by atoms with E-state index in [1.54, 1.807) is 13.3 Å². The number of fused-ring (bicyclic) bond motifs is 1. The van der Waals surface area contributed by atoms with E-state index in [4.69, 9.17) is 9.47 Å². The highest BCUT2D eigenvalue weighted by Crippen LogP contribution is 2.30. The Hall–Kier alpha value is -3.65. The van der Waals surface area contributed by atoms with Crippen LogP contribution < -0.4 is 15.8 Å². The summed E-state index contributed by atoms with van der Waals surface area (Å²) in [4.78, 5) is 40.9. The summed E-state index contributed by atoms with van der Waals surface area (Å²) in [7, 11) is 5.83. The molecule has 1 aliphatic heterocycles. The number of amides is 2. The van der Waals surface area contributed by atoms with E-state index in [2.05, 4.69) is 20.3 Å². The van der Waals surface area contributed by atoms with E-state index in [0.29, 0.717) is 55.4 Å². The molecule has 0 saturated carbocycles. The van der Waals surface area contributed by atoms with Crippen LogP contribution in [0.25, 0.3) is 11.2 Å². The minimum atomic E-state index is -4.66. The van der Waals surface area contributed by atoms with Crippen molar-refractivity contribution in [3.63, 3.8) is 0 Å². The average Bonchev–Trinajstić information content (AvgIpc) is 3.27. The number of rotatable bonds is 6. The number of alkyl halides is 3. The highest BCUT2D eigenvalue weighted by atomic mass is 19.4. The highest BCUT2D eigenvalue weighted by Gasteiger charge is 2.36. The third-order valence-corrected chi connectivity index (χ3v) is 6.40. The highest BCUT2D eigenvalue weighted by molar-refractivity contribution is 5.89. The van der Waals surface area contributed by atoms with Crippen LogP contribution in [-0.2, 0) is 29.3 Å². The van der Waals surface area contributed by atoms with Crippen molar-refractivity contribution in [2.24, 2.45) is 7.05 Å². The maximum atomic E-state index is 13.2. The first kappa shape index (κ1) is 26.4. The molecule has 0 bridgehead atoms. The first-order valence-electron chi connectivity index (χ1n) is 11.4. The van der Waals surface area contributed by atoms with Crippen molar-refractivity contribution in [2.45, 2.75) is 31.3 Å². The predicted octanol–water partition coefficient (Wildman–Crippen LogP) is 2.58. The van der Waals surface area contributed by atoms with E-state index in [1.165, 1.54) is 26.1 Å². The Morgan fingerprint density at radius 3 is 2.76 bits per heavy atom. The van der Waals surface area contributed by atoms with E-state index in [-0.39, 0.29) is 0 Å². The van der Waals surface area contributed by atoms with Gasteiger partial charge in [0.25, 0.3) is 5.56 Å². The molecule has 1 fully saturated rings. The molecule has 37 heavy (non-hydrogen) atoms. The molecule has 0 radical (unpaired) electrons. The molecule has 0 aliphatic carbocycles. The quantitative estimate of drug-likeness (QED) is 0.510. The molecule has 2 atom stereocenters. The van der Waals surface area contributed by atoms with E-state index >= 15 is 0 Å². The monoisotopic (exact) mass is 523 g/mol. The number of aromatic amines is 1. The minimum absolute atomic E-state index is 0.395. The van der Waals surface area contributed by atoms with Crippen molar-refractivity contribution in [1.29, 1.82) is 0 Å². The number of urea groups is 1. The molecule has 1 saturated heterocycles. The number of aromatic nitrogens is 4. The molecule has 2 unspecified atom stereocenters. The van der Waals surface area contributed by atoms with Crippen LogP contribution in [0, 0.1) is 0 Å². The van der Waals surface area contributed by atoms with Crippen LogP contribution in [-0.4, -0.2) is 77.0 Å². The third kappa shape index (κ3) is 5.54. The Kier molecular flexibility index (Phi) is 7.41. The van der Waals surface area contributed by atoms with Crippen LogP contribution in [0.2, 0.25) is 0 Å². The summed E-state index contributed by atoms with van der Waals surface area (Å²) in [5, 5.41) is 2.33. The second kappa shape index (κ2) is 10.4. The average molecular weight is 524 g/mol. The second-order valence-electron chi connectivity index (χ2n) is 8.86. The van der Waals surface area contributed by atoms with Gasteiger partial charge in [0.2, 0.25) is 0 Å². The van der Waals surface area contributed by atoms with Crippen molar-refractivity contribution < 1.29 is 27.4 Å². The smallest absolute Gasteiger partial charge is 0.378 e. The van der Waals surface area contributed by atoms with Crippen molar-refractivity contribution in [2.75, 3.05) is 44.6 Å². The zero-order valence-electron chi connectivity index (χ0n) is 20.8. The van der Waals surface area contributed by atoms with Gasteiger partial charge in [-0.25, -0.2) is 14.8 Å². The van der Waals surface area contributed by atoms with E-state index in [0.717, 1.165) is 10.3 Å². The molecule has 11 nitrogen and oxygen atoms in total. The summed E-state index contributed by atoms with van der Waals surface area (Å²) in [5.74, 6) is 0.649. The lowest BCUT2D eigenvalue weighted by molar-refractivity contribution is -0.138. The molecule has 14 heteroatoms. The topological polar surface area (TPSA) is 118 Å². The number of methoxy groups -OCH3 is 2. The standard InChI is InChI=1S/C23H28F3N7O4/c1-31-10-13(23(24,25)26)7-16(21(31)34)30-22(35)32(2)17-5-6-33(11-18(17)37-4)19-9-27-20-15(29-19)8-14(28-20)12-36-3/h7-10,17-18H,5-6,11-12H2,1-4H3,(H,27,28)(H,30,35). The van der Waals surface area contributed by atoms with E-state index < -0.39 is 41.2 Å². The van der Waals surface area contributed by atoms with Crippen molar-refractivity contribution in [3.8, 4) is 0 Å². The van der Waals surface area contributed by atoms with Crippen LogP contribution in [0.3, 0.4) is 0 Å². The largest absolute Gasteiger partial charge is 0.417 e. The lowest BCUT2D eigenvalue weighted by Gasteiger charge is -2.42. The fourth-order valence-electron chi connectivity index (χ4n) is 4.43. The van der Waals surface area contributed by atoms with Gasteiger partial charge in [-0.05, 0) is 18.6 Å². The van der Waals surface area contributed by atoms with Gasteiger partial charge in [0.1, 0.15) is 17.0 Å². The third-order valence-electron chi connectivity index (χ3n) is 6.40. The Morgan fingerprint density at radius 2 is 2.08 bits per heavy atom. The van der Waals surface area contributed by atoms with E-state index in [9.17, 15) is 22.8 Å². The maximum Gasteiger partial charge on any atom is 0.417 e. The number of carbonyl (C=O) groups excluding carboxylic acids is 1. The molecule has 200 valence electrons. The molecular weight excluding hydrogens is 495 g/mol. The molecule has 4 heterocycles. The van der Waals surface area contributed by atoms with Crippen LogP contribution in [0.5, 0.6) is 0 Å². The fraction of sp³-hybridized carbons (Fsp3) is 0.478. The van der Waals surface area contributed by atoms with Gasteiger partial charge in [0, 0.05) is 53.3 Å². The molecule has 2 N–H and O–H groups in total. The summed E-state index contributed by atoms with van der Waals surface area (Å²) in [6.45, 7) is 1.34. The van der Waals surface area contributed by atoms with Gasteiger partial charge in [-0.3, -0.25) is 4.79 Å². The Balaban J connectivity index is 1.47. The molecule has 4 rings (SSSR count). The van der Waals surface area contributed by atoms with Crippen LogP contribution in [0.1, 0.15) is 17.7 Å². The first-order chi connectivity index (χ1) is 17.5. The maximum absolute atomic E-state index is 13.2. The van der Waals surface area contributed by atoms with Gasteiger partial charge < -0.3 is 34.1 Å². The Labute approximate surface area is 210 Å². The molecule has 0 aromatic carbocycles. The van der Waals surface area contributed by atoms with Gasteiger partial charge in [-0.1, -0.05) is 0 Å². The number of carbonyl (C=O) groups is 1. The number of H-pyrrole nitrogens is 1. The number of nitrogens with one attached hydrogen (secondary N) is 2. The van der Waals surface area contributed by atoms with Gasteiger partial charge in [-0.2, -0.15) is 13.2 Å². The number of ether oxygens (including phenoxy) is 2. The second-order valence-corrected chi connectivity index (χ2v) is 8.86. The number of piperidine rings is 1. The number of nitrogens with zero attached hydrogens (tertiary/aromatic N) is 5. The minimum Gasteiger partial charge on any atom is -0.378 e. The number of halogens is 3. The van der Waals surface area contributed by atoms with Crippen LogP contribution in [0.4, 0.5) is 29.5 Å². The summed E-state index contributed by atoms with van der Waals surface area (Å²) in [6, 6.07) is 1.40. The van der Waals surface area contributed by atoms with Crippen molar-refractivity contribution in [3.05, 3.63) is 46.1 Å². The SMILES string of the molecule is COCc1cc2nc(N3CCC(N(C)C(=O)Nc4cc(C(F)(F)F)cn(C)c4=O)C(OC)C3)cnc2[nH]1. The molecule has 3 aromatic rings. The number of likely N-dealkylation sites (N-methyl/N-ethyl adjacent to an activating group) is 1. The normalized spacial score (nSPS) is 18.3. The predicted molar refractivity (Wildman–Crippen MR) is 129 cm³/mol. The zero-order chi connectivity index (χ0) is 26.9. The van der Waals surface area contributed by atoms with Crippen molar-refractivity contribution in [1.82, 2.24) is 24.4 Å². The Morgan fingerprint density at radius 1 is 1.32 bits per heavy atom. The summed E-state index contributed by atoms with van der Waals surface area (Å²) in [6.07, 6.45) is -2.26. The number of pyridine rings is 1. The molecule has 0 spiro atoms. The van der Waals surface area contributed by atoms with Crippen LogP contribution >= 0.6 is 0 Å². The van der Waals surface area contributed by atoms with E-state index in [1.807, 2.05) is 11.0 Å². The lowest BCUT2D eigenvalue weighted by atomic mass is 10.0.